The zero-order chi connectivity index (χ0) is 25.3. The molecule has 1 saturated carbocycles. The van der Waals surface area contributed by atoms with Crippen LogP contribution in [-0.4, -0.2) is 24.2 Å². The maximum atomic E-state index is 13.7. The number of methoxy groups -OCH3 is 1. The molecule has 1 aliphatic heterocycles. The number of fused-ring (bicyclic) bond motifs is 1. The minimum Gasteiger partial charge on any atom is -0.497 e. The smallest absolute Gasteiger partial charge is 0.257 e. The van der Waals surface area contributed by atoms with Gasteiger partial charge in [-0.1, -0.05) is 75.1 Å². The molecule has 2 atom stereocenters. The predicted molar refractivity (Wildman–Crippen MR) is 149 cm³/mol. The number of nitrogens with one attached hydrogen (secondary N) is 2. The van der Waals surface area contributed by atoms with Crippen LogP contribution in [-0.2, 0) is 4.79 Å². The van der Waals surface area contributed by atoms with Gasteiger partial charge in [0.25, 0.3) is 11.8 Å². The van der Waals surface area contributed by atoms with E-state index in [-0.39, 0.29) is 23.0 Å². The van der Waals surface area contributed by atoms with Crippen molar-refractivity contribution in [2.75, 3.05) is 12.4 Å². The molecule has 1 aliphatic carbocycles. The molecule has 2 N–H and O–H groups in total. The van der Waals surface area contributed by atoms with Crippen LogP contribution >= 0.6 is 23.4 Å². The van der Waals surface area contributed by atoms with Crippen LogP contribution in [0, 0.1) is 5.92 Å². The Morgan fingerprint density at radius 3 is 2.14 bits per heavy atom. The van der Waals surface area contributed by atoms with Gasteiger partial charge < -0.3 is 15.4 Å². The summed E-state index contributed by atoms with van der Waals surface area (Å²) in [5.74, 6) is 0.404. The van der Waals surface area contributed by atoms with Crippen molar-refractivity contribution in [2.24, 2.45) is 5.92 Å². The van der Waals surface area contributed by atoms with Crippen molar-refractivity contribution in [1.82, 2.24) is 5.32 Å². The first-order valence-corrected chi connectivity index (χ1v) is 14.2. The van der Waals surface area contributed by atoms with E-state index in [0.29, 0.717) is 26.9 Å². The third-order valence-corrected chi connectivity index (χ3v) is 8.78. The van der Waals surface area contributed by atoms with E-state index in [1.807, 2.05) is 24.3 Å². The third-order valence-electron chi connectivity index (χ3n) is 7.03. The summed E-state index contributed by atoms with van der Waals surface area (Å²) in [5, 5.41) is 7.47. The number of ether oxygens (including phenoxy) is 1. The maximum absolute atomic E-state index is 13.7. The molecule has 5 nitrogen and oxygen atoms in total. The lowest BCUT2D eigenvalue weighted by molar-refractivity contribution is -0.113. The fourth-order valence-electron chi connectivity index (χ4n) is 5.07. The highest BCUT2D eigenvalue weighted by Gasteiger charge is 2.39. The molecular weight excluding hydrogens is 492 g/mol. The Balaban J connectivity index is 1.61. The summed E-state index contributed by atoms with van der Waals surface area (Å²) in [6.45, 7) is 0. The van der Waals surface area contributed by atoms with Crippen LogP contribution in [0.25, 0.3) is 0 Å². The SMILES string of the molecule is COc1ccc(NC(=O)C2=C(NC(=O)c3ccccc3Cl)S[C@@H]3CCCCCCCCCC[C@@H]23)cc1. The summed E-state index contributed by atoms with van der Waals surface area (Å²) in [6.07, 6.45) is 11.8. The molecule has 2 aliphatic rings. The van der Waals surface area contributed by atoms with Gasteiger partial charge in [0.05, 0.1) is 28.3 Å². The zero-order valence-electron chi connectivity index (χ0n) is 20.9. The minimum absolute atomic E-state index is 0.106. The summed E-state index contributed by atoms with van der Waals surface area (Å²) in [7, 11) is 1.62. The monoisotopic (exact) mass is 526 g/mol. The second-order valence-corrected chi connectivity index (χ2v) is 11.2. The van der Waals surface area contributed by atoms with Crippen molar-refractivity contribution in [2.45, 2.75) is 69.5 Å². The Kier molecular flexibility index (Phi) is 9.76. The second-order valence-electron chi connectivity index (χ2n) is 9.53. The highest BCUT2D eigenvalue weighted by atomic mass is 35.5. The van der Waals surface area contributed by atoms with E-state index in [0.717, 1.165) is 31.4 Å². The van der Waals surface area contributed by atoms with Crippen LogP contribution in [0.3, 0.4) is 0 Å². The van der Waals surface area contributed by atoms with Gasteiger partial charge in [-0.25, -0.2) is 0 Å². The molecule has 2 amide bonds. The van der Waals surface area contributed by atoms with Crippen molar-refractivity contribution in [1.29, 1.82) is 0 Å². The summed E-state index contributed by atoms with van der Waals surface area (Å²) in [5.41, 5.74) is 1.80. The maximum Gasteiger partial charge on any atom is 0.257 e. The molecule has 2 aromatic carbocycles. The van der Waals surface area contributed by atoms with Crippen molar-refractivity contribution in [3.05, 3.63) is 69.7 Å². The number of hydrogen-bond donors (Lipinski definition) is 2. The van der Waals surface area contributed by atoms with E-state index in [1.54, 1.807) is 43.1 Å². The predicted octanol–water partition coefficient (Wildman–Crippen LogP) is 7.57. The topological polar surface area (TPSA) is 67.4 Å². The lowest BCUT2D eigenvalue weighted by atomic mass is 9.86. The third kappa shape index (κ3) is 6.86. The molecule has 0 radical (unpaired) electrons. The lowest BCUT2D eigenvalue weighted by Gasteiger charge is -2.22. The first kappa shape index (κ1) is 26.6. The van der Waals surface area contributed by atoms with E-state index >= 15 is 0 Å². The highest BCUT2D eigenvalue weighted by molar-refractivity contribution is 8.04. The number of amides is 2. The number of hydrogen-bond acceptors (Lipinski definition) is 4. The van der Waals surface area contributed by atoms with Crippen LogP contribution in [0.5, 0.6) is 5.75 Å². The first-order valence-electron chi connectivity index (χ1n) is 13.0. The second kappa shape index (κ2) is 13.2. The van der Waals surface area contributed by atoms with Crippen LogP contribution in [0.4, 0.5) is 5.69 Å². The molecule has 192 valence electrons. The van der Waals surface area contributed by atoms with Crippen LogP contribution < -0.4 is 15.4 Å². The van der Waals surface area contributed by atoms with Gasteiger partial charge in [-0.15, -0.1) is 11.8 Å². The average molecular weight is 527 g/mol. The number of anilines is 1. The molecule has 4 rings (SSSR count). The summed E-state index contributed by atoms with van der Waals surface area (Å²) >= 11 is 7.95. The molecule has 1 fully saturated rings. The molecule has 0 unspecified atom stereocenters. The number of halogens is 1. The Hall–Kier alpha value is -2.44. The van der Waals surface area contributed by atoms with Gasteiger partial charge in [-0.3, -0.25) is 9.59 Å². The van der Waals surface area contributed by atoms with Gasteiger partial charge in [0.15, 0.2) is 0 Å². The summed E-state index contributed by atoms with van der Waals surface area (Å²) < 4.78 is 5.24. The molecular formula is C29H35ClN2O3S. The molecule has 0 saturated heterocycles. The number of carbonyl (C=O) groups excluding carboxylic acids is 2. The molecule has 36 heavy (non-hydrogen) atoms. The number of rotatable bonds is 5. The fourth-order valence-corrected chi connectivity index (χ4v) is 6.84. The van der Waals surface area contributed by atoms with Crippen LogP contribution in [0.1, 0.15) is 74.6 Å². The van der Waals surface area contributed by atoms with Gasteiger partial charge >= 0.3 is 0 Å². The Labute approximate surface area is 223 Å². The van der Waals surface area contributed by atoms with Crippen LogP contribution in [0.15, 0.2) is 59.1 Å². The van der Waals surface area contributed by atoms with E-state index < -0.39 is 0 Å². The number of carbonyl (C=O) groups is 2. The quantitative estimate of drug-likeness (QED) is 0.421. The molecule has 0 spiro atoms. The van der Waals surface area contributed by atoms with Crippen molar-refractivity contribution < 1.29 is 14.3 Å². The highest BCUT2D eigenvalue weighted by Crippen LogP contribution is 2.46. The van der Waals surface area contributed by atoms with Gasteiger partial charge in [0, 0.05) is 16.9 Å². The van der Waals surface area contributed by atoms with E-state index in [9.17, 15) is 9.59 Å². The largest absolute Gasteiger partial charge is 0.497 e. The van der Waals surface area contributed by atoms with Crippen molar-refractivity contribution >= 4 is 40.9 Å². The minimum atomic E-state index is -0.282. The van der Waals surface area contributed by atoms with E-state index in [1.165, 1.54) is 38.5 Å². The standard InChI is InChI=1S/C29H35ClN2O3S/c1-35-21-18-16-20(17-19-21)31-28(34)26-23-13-8-6-4-2-3-5-7-9-15-25(23)36-29(26)32-27(33)22-12-10-11-14-24(22)30/h10-12,14,16-19,23,25H,2-9,13,15H2,1H3,(H,31,34)(H,32,33)/t23-,25-/m1/s1. The molecule has 7 heteroatoms. The van der Waals surface area contributed by atoms with Gasteiger partial charge in [0.2, 0.25) is 0 Å². The molecule has 0 bridgehead atoms. The Morgan fingerprint density at radius 1 is 0.833 bits per heavy atom. The molecule has 2 aromatic rings. The van der Waals surface area contributed by atoms with Gasteiger partial charge in [-0.05, 0) is 49.2 Å². The number of thioether (sulfide) groups is 1. The summed E-state index contributed by atoms with van der Waals surface area (Å²) in [4.78, 5) is 26.9. The Morgan fingerprint density at radius 2 is 1.47 bits per heavy atom. The molecule has 1 heterocycles. The van der Waals surface area contributed by atoms with Gasteiger partial charge in [-0.2, -0.15) is 0 Å². The van der Waals surface area contributed by atoms with Crippen molar-refractivity contribution in [3.63, 3.8) is 0 Å². The van der Waals surface area contributed by atoms with E-state index in [4.69, 9.17) is 16.3 Å². The number of benzene rings is 2. The van der Waals surface area contributed by atoms with Crippen LogP contribution in [0.2, 0.25) is 5.02 Å². The lowest BCUT2D eigenvalue weighted by Crippen LogP contribution is -2.27. The zero-order valence-corrected chi connectivity index (χ0v) is 22.4. The average Bonchev–Trinajstić information content (AvgIpc) is 3.21. The van der Waals surface area contributed by atoms with Crippen molar-refractivity contribution in [3.8, 4) is 5.75 Å². The Bertz CT molecular complexity index is 1090. The fraction of sp³-hybridized carbons (Fsp3) is 0.448. The van der Waals surface area contributed by atoms with E-state index in [2.05, 4.69) is 10.6 Å². The normalized spacial score (nSPS) is 21.1. The first-order chi connectivity index (χ1) is 17.6. The van der Waals surface area contributed by atoms with Gasteiger partial charge in [0.1, 0.15) is 5.75 Å². The summed E-state index contributed by atoms with van der Waals surface area (Å²) in [6, 6.07) is 14.3. The molecule has 0 aromatic heterocycles.